The molecule has 1 rings (SSSR count). The normalized spacial score (nSPS) is 10.9. The van der Waals surface area contributed by atoms with E-state index < -0.39 is 0 Å². The van der Waals surface area contributed by atoms with Crippen LogP contribution in [0.1, 0.15) is 64.2 Å². The quantitative estimate of drug-likeness (QED) is 0.245. The van der Waals surface area contributed by atoms with Gasteiger partial charge in [0.15, 0.2) is 6.29 Å². The van der Waals surface area contributed by atoms with Crippen LogP contribution in [0.4, 0.5) is 0 Å². The van der Waals surface area contributed by atoms with E-state index in [1.807, 2.05) is 18.2 Å². The van der Waals surface area contributed by atoms with Crippen LogP contribution in [0, 0.1) is 0 Å². The van der Waals surface area contributed by atoms with Crippen LogP contribution >= 0.6 is 0 Å². The molecule has 0 bridgehead atoms. The molecule has 2 heteroatoms. The van der Waals surface area contributed by atoms with Gasteiger partial charge >= 0.3 is 0 Å². The maximum atomic E-state index is 5.97. The zero-order chi connectivity index (χ0) is 16.9. The molecule has 0 aliphatic heterocycles. The predicted octanol–water partition coefficient (Wildman–Crippen LogP) is 6.21. The van der Waals surface area contributed by atoms with E-state index >= 15 is 0 Å². The molecule has 0 aliphatic rings. The van der Waals surface area contributed by atoms with Gasteiger partial charge in [-0.2, -0.15) is 0 Å². The Morgan fingerprint density at radius 2 is 1.30 bits per heavy atom. The summed E-state index contributed by atoms with van der Waals surface area (Å²) in [6.07, 6.45) is 6.20. The first-order valence-electron chi connectivity index (χ1n) is 8.66. The van der Waals surface area contributed by atoms with Gasteiger partial charge in [0.25, 0.3) is 0 Å². The number of benzene rings is 1. The Bertz CT molecular complexity index is 426. The van der Waals surface area contributed by atoms with Gasteiger partial charge < -0.3 is 9.47 Å². The van der Waals surface area contributed by atoms with Crippen molar-refractivity contribution in [2.24, 2.45) is 0 Å². The van der Waals surface area contributed by atoms with Gasteiger partial charge in [0, 0.05) is 5.56 Å². The molecule has 1 aromatic rings. The first kappa shape index (κ1) is 19.7. The van der Waals surface area contributed by atoms with E-state index in [4.69, 9.17) is 9.47 Å². The third kappa shape index (κ3) is 10.1. The van der Waals surface area contributed by atoms with Crippen molar-refractivity contribution >= 4 is 0 Å². The summed E-state index contributed by atoms with van der Waals surface area (Å²) in [6, 6.07) is 10.2. The van der Waals surface area contributed by atoms with Crippen molar-refractivity contribution in [3.8, 4) is 0 Å². The summed E-state index contributed by atoms with van der Waals surface area (Å²) < 4.78 is 11.9. The van der Waals surface area contributed by atoms with Gasteiger partial charge in [0.05, 0.1) is 13.2 Å². The Kier molecular flexibility index (Phi) is 10.3. The lowest BCUT2D eigenvalue weighted by Crippen LogP contribution is -2.11. The Morgan fingerprint density at radius 1 is 0.826 bits per heavy atom. The number of allylic oxidation sites excluding steroid dienone is 2. The van der Waals surface area contributed by atoms with E-state index in [1.54, 1.807) is 0 Å². The van der Waals surface area contributed by atoms with E-state index in [-0.39, 0.29) is 6.29 Å². The van der Waals surface area contributed by atoms with E-state index in [9.17, 15) is 0 Å². The summed E-state index contributed by atoms with van der Waals surface area (Å²) in [4.78, 5) is 0. The lowest BCUT2D eigenvalue weighted by Gasteiger charge is -2.19. The van der Waals surface area contributed by atoms with Crippen molar-refractivity contribution in [2.45, 2.75) is 58.7 Å². The molecule has 1 aromatic carbocycles. The van der Waals surface area contributed by atoms with Crippen LogP contribution in [0.3, 0.4) is 0 Å². The van der Waals surface area contributed by atoms with E-state index in [2.05, 4.69) is 39.1 Å². The highest BCUT2D eigenvalue weighted by Crippen LogP contribution is 2.20. The van der Waals surface area contributed by atoms with Gasteiger partial charge in [-0.05, 0) is 52.4 Å². The van der Waals surface area contributed by atoms with Gasteiger partial charge in [-0.3, -0.25) is 0 Å². The highest BCUT2D eigenvalue weighted by atomic mass is 16.7. The molecule has 0 spiro atoms. The molecule has 0 saturated carbocycles. The molecular weight excluding hydrogens is 284 g/mol. The Balaban J connectivity index is 2.34. The van der Waals surface area contributed by atoms with E-state index in [0.29, 0.717) is 0 Å². The minimum atomic E-state index is -0.258. The molecule has 0 amide bonds. The number of ether oxygens (including phenoxy) is 2. The van der Waals surface area contributed by atoms with Crippen LogP contribution in [0.5, 0.6) is 0 Å². The second-order valence-electron chi connectivity index (χ2n) is 6.31. The van der Waals surface area contributed by atoms with Crippen molar-refractivity contribution in [1.82, 2.24) is 0 Å². The van der Waals surface area contributed by atoms with Gasteiger partial charge in [-0.15, -0.1) is 13.2 Å². The third-order valence-corrected chi connectivity index (χ3v) is 3.61. The molecule has 0 saturated heterocycles. The maximum absolute atomic E-state index is 5.97. The molecule has 0 aromatic heterocycles. The SMILES string of the molecule is C=C(C)CCCCOC(OCCCCC(=C)C)c1ccccc1. The lowest BCUT2D eigenvalue weighted by molar-refractivity contribution is -0.148. The third-order valence-electron chi connectivity index (χ3n) is 3.61. The van der Waals surface area contributed by atoms with Crippen LogP contribution in [0.15, 0.2) is 54.6 Å². The van der Waals surface area contributed by atoms with Crippen LogP contribution < -0.4 is 0 Å². The minimum absolute atomic E-state index is 0.258. The smallest absolute Gasteiger partial charge is 0.183 e. The molecule has 0 radical (unpaired) electrons. The fourth-order valence-corrected chi connectivity index (χ4v) is 2.29. The zero-order valence-electron chi connectivity index (χ0n) is 14.9. The summed E-state index contributed by atoms with van der Waals surface area (Å²) in [7, 11) is 0. The zero-order valence-corrected chi connectivity index (χ0v) is 14.9. The summed E-state index contributed by atoms with van der Waals surface area (Å²) >= 11 is 0. The maximum Gasteiger partial charge on any atom is 0.183 e. The monoisotopic (exact) mass is 316 g/mol. The molecule has 0 atom stereocenters. The molecule has 0 aliphatic carbocycles. The van der Waals surface area contributed by atoms with Crippen LogP contribution in [-0.4, -0.2) is 13.2 Å². The molecule has 2 nitrogen and oxygen atoms in total. The second-order valence-corrected chi connectivity index (χ2v) is 6.31. The lowest BCUT2D eigenvalue weighted by atomic mass is 10.1. The molecule has 0 heterocycles. The molecular formula is C21H32O2. The Hall–Kier alpha value is -1.38. The average Bonchev–Trinajstić information content (AvgIpc) is 2.52. The summed E-state index contributed by atoms with van der Waals surface area (Å²) in [5, 5.41) is 0. The topological polar surface area (TPSA) is 18.5 Å². The number of unbranched alkanes of at least 4 members (excludes halogenated alkanes) is 2. The molecule has 0 unspecified atom stereocenters. The van der Waals surface area contributed by atoms with Crippen molar-refractivity contribution in [1.29, 1.82) is 0 Å². The van der Waals surface area contributed by atoms with Gasteiger partial charge in [0.1, 0.15) is 0 Å². The first-order chi connectivity index (χ1) is 11.1. The molecule has 23 heavy (non-hydrogen) atoms. The average molecular weight is 316 g/mol. The standard InChI is InChI=1S/C21H32O2/c1-18(2)12-8-10-16-22-21(20-14-6-5-7-15-20)23-17-11-9-13-19(3)4/h5-7,14-15,21H,1,3,8-13,16-17H2,2,4H3. The van der Waals surface area contributed by atoms with E-state index in [0.717, 1.165) is 57.3 Å². The number of hydrogen-bond acceptors (Lipinski definition) is 2. The number of rotatable bonds is 13. The summed E-state index contributed by atoms with van der Waals surface area (Å²) in [5.74, 6) is 0. The first-order valence-corrected chi connectivity index (χ1v) is 8.66. The highest BCUT2D eigenvalue weighted by Gasteiger charge is 2.11. The molecule has 128 valence electrons. The van der Waals surface area contributed by atoms with Crippen molar-refractivity contribution in [2.75, 3.05) is 13.2 Å². The van der Waals surface area contributed by atoms with Gasteiger partial charge in [-0.1, -0.05) is 41.5 Å². The minimum Gasteiger partial charge on any atom is -0.348 e. The summed E-state index contributed by atoms with van der Waals surface area (Å²) in [5.41, 5.74) is 3.56. The van der Waals surface area contributed by atoms with Crippen molar-refractivity contribution in [3.05, 3.63) is 60.2 Å². The fourth-order valence-electron chi connectivity index (χ4n) is 2.29. The van der Waals surface area contributed by atoms with Crippen LogP contribution in [0.25, 0.3) is 0 Å². The highest BCUT2D eigenvalue weighted by molar-refractivity contribution is 5.15. The van der Waals surface area contributed by atoms with Gasteiger partial charge in [0.2, 0.25) is 0 Å². The van der Waals surface area contributed by atoms with Crippen LogP contribution in [-0.2, 0) is 9.47 Å². The summed E-state index contributed by atoms with van der Waals surface area (Å²) in [6.45, 7) is 13.5. The molecule has 0 fully saturated rings. The predicted molar refractivity (Wildman–Crippen MR) is 98.4 cm³/mol. The van der Waals surface area contributed by atoms with E-state index in [1.165, 1.54) is 11.1 Å². The van der Waals surface area contributed by atoms with Crippen molar-refractivity contribution in [3.63, 3.8) is 0 Å². The van der Waals surface area contributed by atoms with Gasteiger partial charge in [-0.25, -0.2) is 0 Å². The second kappa shape index (κ2) is 12.1. The fraction of sp³-hybridized carbons (Fsp3) is 0.524. The Morgan fingerprint density at radius 3 is 1.74 bits per heavy atom. The van der Waals surface area contributed by atoms with Crippen LogP contribution in [0.2, 0.25) is 0 Å². The molecule has 0 N–H and O–H groups in total. The number of hydrogen-bond donors (Lipinski definition) is 0. The van der Waals surface area contributed by atoms with Crippen molar-refractivity contribution < 1.29 is 9.47 Å². The largest absolute Gasteiger partial charge is 0.348 e. The Labute approximate surface area is 142 Å².